The summed E-state index contributed by atoms with van der Waals surface area (Å²) in [5, 5.41) is 2.65. The molecule has 2 unspecified atom stereocenters. The fourth-order valence-electron chi connectivity index (χ4n) is 3.85. The van der Waals surface area contributed by atoms with Crippen molar-refractivity contribution in [2.24, 2.45) is 11.8 Å². The van der Waals surface area contributed by atoms with Crippen LogP contribution >= 0.6 is 0 Å². The van der Waals surface area contributed by atoms with Gasteiger partial charge < -0.3 is 5.32 Å². The number of hydrogen-bond acceptors (Lipinski definition) is 3. The third kappa shape index (κ3) is 7.60. The van der Waals surface area contributed by atoms with Crippen molar-refractivity contribution in [2.75, 3.05) is 0 Å². The lowest BCUT2D eigenvalue weighted by atomic mass is 9.88. The molecule has 157 valence electrons. The number of hydrogen-bond donors (Lipinski definition) is 1. The first kappa shape index (κ1) is 23.1. The van der Waals surface area contributed by atoms with Crippen molar-refractivity contribution >= 4 is 17.5 Å². The predicted octanol–water partition coefficient (Wildman–Crippen LogP) is 5.18. The van der Waals surface area contributed by atoms with Crippen LogP contribution in [0, 0.1) is 18.3 Å². The minimum atomic E-state index is -0.321. The second kappa shape index (κ2) is 11.1. The minimum Gasteiger partial charge on any atom is -0.319 e. The molecule has 1 aliphatic heterocycles. The second-order valence-corrected chi connectivity index (χ2v) is 8.56. The number of rotatable bonds is 0. The van der Waals surface area contributed by atoms with Gasteiger partial charge in [-0.1, -0.05) is 44.4 Å². The molecule has 1 aliphatic carbocycles. The van der Waals surface area contributed by atoms with E-state index in [4.69, 9.17) is 0 Å². The zero-order valence-corrected chi connectivity index (χ0v) is 18.2. The quantitative estimate of drug-likeness (QED) is 0.574. The van der Waals surface area contributed by atoms with Crippen molar-refractivity contribution < 1.29 is 14.4 Å². The molecule has 1 heterocycles. The van der Waals surface area contributed by atoms with E-state index in [9.17, 15) is 14.4 Å². The Bertz CT molecular complexity index is 767. The van der Waals surface area contributed by atoms with Crippen molar-refractivity contribution in [2.45, 2.75) is 72.6 Å². The molecule has 4 heteroatoms. The Labute approximate surface area is 175 Å². The van der Waals surface area contributed by atoms with Crippen LogP contribution in [-0.2, 0) is 14.4 Å². The molecule has 0 aromatic rings. The summed E-state index contributed by atoms with van der Waals surface area (Å²) in [6, 6.07) is 0. The monoisotopic (exact) mass is 396 g/mol. The molecular weight excluding hydrogens is 362 g/mol. The number of ketones is 2. The first-order valence-corrected chi connectivity index (χ1v) is 10.8. The van der Waals surface area contributed by atoms with Crippen LogP contribution in [0.2, 0.25) is 0 Å². The van der Waals surface area contributed by atoms with E-state index in [1.807, 2.05) is 6.08 Å². The fourth-order valence-corrected chi connectivity index (χ4v) is 3.85. The molecular formula is C25H34NO3. The summed E-state index contributed by atoms with van der Waals surface area (Å²) < 4.78 is 0. The summed E-state index contributed by atoms with van der Waals surface area (Å²) in [6.07, 6.45) is 15.7. The number of allylic oxidation sites excluding steroid dienone is 6. The molecule has 2 atom stereocenters. The lowest BCUT2D eigenvalue weighted by Crippen LogP contribution is -2.31. The van der Waals surface area contributed by atoms with Crippen LogP contribution in [0.15, 0.2) is 46.7 Å². The number of amides is 1. The molecule has 2 aliphatic rings. The number of Topliss-reactive ketones (excluding diaryl/α,β-unsaturated/α-hetero) is 1. The van der Waals surface area contributed by atoms with Crippen LogP contribution < -0.4 is 5.32 Å². The highest BCUT2D eigenvalue weighted by Gasteiger charge is 2.24. The summed E-state index contributed by atoms with van der Waals surface area (Å²) in [4.78, 5) is 37.3. The van der Waals surface area contributed by atoms with Crippen molar-refractivity contribution in [3.05, 3.63) is 53.1 Å². The maximum atomic E-state index is 12.8. The van der Waals surface area contributed by atoms with E-state index in [0.717, 1.165) is 38.5 Å². The average molecular weight is 397 g/mol. The van der Waals surface area contributed by atoms with E-state index >= 15 is 0 Å². The van der Waals surface area contributed by atoms with Crippen LogP contribution in [0.1, 0.15) is 72.6 Å². The predicted molar refractivity (Wildman–Crippen MR) is 117 cm³/mol. The Morgan fingerprint density at radius 1 is 0.966 bits per heavy atom. The summed E-state index contributed by atoms with van der Waals surface area (Å²) >= 11 is 0. The maximum Gasteiger partial charge on any atom is 0.251 e. The molecule has 4 nitrogen and oxygen atoms in total. The first-order chi connectivity index (χ1) is 13.8. The van der Waals surface area contributed by atoms with Gasteiger partial charge in [-0.3, -0.25) is 14.4 Å². The Hall–Kier alpha value is -2.23. The average Bonchev–Trinajstić information content (AvgIpc) is 2.64. The van der Waals surface area contributed by atoms with Gasteiger partial charge in [0.05, 0.1) is 5.70 Å². The van der Waals surface area contributed by atoms with Gasteiger partial charge in [0.25, 0.3) is 5.91 Å². The zero-order chi connectivity index (χ0) is 21.4. The molecule has 0 aromatic carbocycles. The summed E-state index contributed by atoms with van der Waals surface area (Å²) in [7, 11) is 0. The standard InChI is InChI=1S/C25H34NO3/c1-17-9-6-5-7-12-20(4)25(29)26-23-16-22(27)15-21(24(23)28)14-19(3)11-8-10-18(2)13-17/h9,12-13,15-16,18-19H,5-8,10-11,14H2,1-4H3,(H,26,29)/b17-13-,20-12+. The van der Waals surface area contributed by atoms with Crippen LogP contribution in [-0.4, -0.2) is 17.5 Å². The molecule has 0 aromatic heterocycles. The van der Waals surface area contributed by atoms with Crippen molar-refractivity contribution in [3.63, 3.8) is 0 Å². The number of fused-ring (bicyclic) bond motifs is 2. The number of nitrogens with one attached hydrogen (secondary N) is 1. The highest BCUT2D eigenvalue weighted by atomic mass is 16.2. The smallest absolute Gasteiger partial charge is 0.251 e. The van der Waals surface area contributed by atoms with Crippen molar-refractivity contribution in [1.82, 2.24) is 5.32 Å². The molecule has 29 heavy (non-hydrogen) atoms. The number of carbonyl (C=O) groups is 3. The lowest BCUT2D eigenvalue weighted by Gasteiger charge is -2.18. The Balaban J connectivity index is 2.16. The van der Waals surface area contributed by atoms with E-state index in [0.29, 0.717) is 29.4 Å². The van der Waals surface area contributed by atoms with Gasteiger partial charge in [-0.05, 0) is 70.3 Å². The third-order valence-corrected chi connectivity index (χ3v) is 5.54. The van der Waals surface area contributed by atoms with Gasteiger partial charge in [0.15, 0.2) is 5.78 Å². The molecule has 2 bridgehead atoms. The van der Waals surface area contributed by atoms with Gasteiger partial charge in [-0.2, -0.15) is 0 Å². The number of carbonyl (C=O) groups excluding carboxylic acids is 3. The zero-order valence-electron chi connectivity index (χ0n) is 18.2. The minimum absolute atomic E-state index is 0.0946. The molecule has 0 fully saturated rings. The van der Waals surface area contributed by atoms with Gasteiger partial charge in [-0.15, -0.1) is 0 Å². The molecule has 1 N–H and O–H groups in total. The molecule has 2 rings (SSSR count). The van der Waals surface area contributed by atoms with Crippen LogP contribution in [0.3, 0.4) is 0 Å². The van der Waals surface area contributed by atoms with Gasteiger partial charge in [0.2, 0.25) is 5.78 Å². The second-order valence-electron chi connectivity index (χ2n) is 8.56. The van der Waals surface area contributed by atoms with Crippen molar-refractivity contribution in [1.29, 1.82) is 0 Å². The van der Waals surface area contributed by atoms with E-state index < -0.39 is 0 Å². The van der Waals surface area contributed by atoms with E-state index in [1.165, 1.54) is 17.7 Å². The summed E-state index contributed by atoms with van der Waals surface area (Å²) in [5.74, 6) is 0.0340. The molecule has 0 saturated carbocycles. The first-order valence-electron chi connectivity index (χ1n) is 10.8. The largest absolute Gasteiger partial charge is 0.319 e. The SMILES string of the molecule is C/C1=C/C(C)CCCC(C)CC2=CC(=O)C=C(NC(=O)/C(C)=C/CCC[CH]1)C2=O. The Kier molecular flexibility index (Phi) is 8.81. The van der Waals surface area contributed by atoms with Crippen molar-refractivity contribution in [3.8, 4) is 0 Å². The Morgan fingerprint density at radius 2 is 1.72 bits per heavy atom. The van der Waals surface area contributed by atoms with Crippen LogP contribution in [0.4, 0.5) is 0 Å². The maximum absolute atomic E-state index is 12.8. The van der Waals surface area contributed by atoms with E-state index in [1.54, 1.807) is 6.92 Å². The normalized spacial score (nSPS) is 29.7. The van der Waals surface area contributed by atoms with Gasteiger partial charge in [0, 0.05) is 17.2 Å². The molecule has 0 spiro atoms. The highest BCUT2D eigenvalue weighted by Crippen LogP contribution is 2.24. The summed E-state index contributed by atoms with van der Waals surface area (Å²) in [5.41, 5.74) is 2.47. The Morgan fingerprint density at radius 3 is 2.48 bits per heavy atom. The van der Waals surface area contributed by atoms with Crippen LogP contribution in [0.25, 0.3) is 0 Å². The van der Waals surface area contributed by atoms with E-state index in [-0.39, 0.29) is 23.2 Å². The highest BCUT2D eigenvalue weighted by molar-refractivity contribution is 6.21. The topological polar surface area (TPSA) is 63.2 Å². The van der Waals surface area contributed by atoms with Gasteiger partial charge in [0.1, 0.15) is 0 Å². The van der Waals surface area contributed by atoms with E-state index in [2.05, 4.69) is 38.6 Å². The van der Waals surface area contributed by atoms with Crippen LogP contribution in [0.5, 0.6) is 0 Å². The molecule has 1 radical (unpaired) electrons. The third-order valence-electron chi connectivity index (χ3n) is 5.54. The van der Waals surface area contributed by atoms with Gasteiger partial charge in [-0.25, -0.2) is 0 Å². The lowest BCUT2D eigenvalue weighted by molar-refractivity contribution is -0.120. The summed E-state index contributed by atoms with van der Waals surface area (Å²) in [6.45, 7) is 8.25. The fraction of sp³-hybridized carbons (Fsp3) is 0.520. The molecule has 1 amide bonds. The molecule has 0 saturated heterocycles. The van der Waals surface area contributed by atoms with Gasteiger partial charge >= 0.3 is 0 Å².